The lowest BCUT2D eigenvalue weighted by atomic mass is 9.88. The van der Waals surface area contributed by atoms with Gasteiger partial charge in [0.15, 0.2) is 34.9 Å². The van der Waals surface area contributed by atoms with Gasteiger partial charge in [0.1, 0.15) is 0 Å². The Balaban J connectivity index is 2.70. The Labute approximate surface area is 171 Å². The molecule has 0 radical (unpaired) electrons. The van der Waals surface area contributed by atoms with Crippen molar-refractivity contribution >= 4 is 11.9 Å². The molecule has 0 saturated heterocycles. The predicted octanol–water partition coefficient (Wildman–Crippen LogP) is 3.26. The van der Waals surface area contributed by atoms with E-state index in [0.717, 1.165) is 14.2 Å². The highest BCUT2D eigenvalue weighted by atomic mass is 19.2. The topological polar surface area (TPSA) is 52.6 Å². The van der Waals surface area contributed by atoms with Crippen LogP contribution in [0.4, 0.5) is 26.3 Å². The van der Waals surface area contributed by atoms with Gasteiger partial charge in [-0.15, -0.1) is 0 Å². The van der Waals surface area contributed by atoms with E-state index in [2.05, 4.69) is 21.3 Å². The van der Waals surface area contributed by atoms with Gasteiger partial charge in [0, 0.05) is 11.1 Å². The summed E-state index contributed by atoms with van der Waals surface area (Å²) in [5.74, 6) is -4.42. The van der Waals surface area contributed by atoms with Crippen LogP contribution in [0.2, 0.25) is 0 Å². The lowest BCUT2D eigenvalue weighted by Gasteiger charge is -2.16. The lowest BCUT2D eigenvalue weighted by molar-refractivity contribution is -0.160. The van der Waals surface area contributed by atoms with Crippen molar-refractivity contribution in [2.45, 2.75) is 0 Å². The number of hydrogen-bond acceptors (Lipinski definition) is 4. The van der Waals surface area contributed by atoms with Gasteiger partial charge in [-0.2, -0.15) is 0 Å². The second kappa shape index (κ2) is 9.26. The summed E-state index contributed by atoms with van der Waals surface area (Å²) in [5.41, 5.74) is -3.69. The minimum atomic E-state index is -2.73. The molecule has 0 atom stereocenters. The second-order valence-corrected chi connectivity index (χ2v) is 5.74. The molecule has 0 aliphatic heterocycles. The van der Waals surface area contributed by atoms with Gasteiger partial charge in [-0.05, 0) is 24.3 Å². The number of ether oxygens (including phenoxy) is 2. The Bertz CT molecular complexity index is 1040. The molecule has 0 heterocycles. The van der Waals surface area contributed by atoms with E-state index in [1.807, 2.05) is 11.8 Å². The number of benzene rings is 2. The van der Waals surface area contributed by atoms with Crippen molar-refractivity contribution < 1.29 is 45.4 Å². The molecule has 0 aliphatic rings. The zero-order valence-corrected chi connectivity index (χ0v) is 15.7. The van der Waals surface area contributed by atoms with Gasteiger partial charge in [0.25, 0.3) is 5.41 Å². The van der Waals surface area contributed by atoms with Crippen LogP contribution >= 0.6 is 0 Å². The molecule has 0 bridgehead atoms. The third-order valence-electron chi connectivity index (χ3n) is 3.74. The van der Waals surface area contributed by atoms with Gasteiger partial charge < -0.3 is 9.47 Å². The summed E-state index contributed by atoms with van der Waals surface area (Å²) in [6.45, 7) is 0. The van der Waals surface area contributed by atoms with Crippen LogP contribution in [0, 0.1) is 64.0 Å². The van der Waals surface area contributed by atoms with Crippen molar-refractivity contribution in [3.8, 4) is 23.7 Å². The molecule has 2 aromatic carbocycles. The monoisotopic (exact) mass is 440 g/mol. The normalized spacial score (nSPS) is 10.3. The molecule has 0 aromatic heterocycles. The first kappa shape index (κ1) is 23.4. The van der Waals surface area contributed by atoms with Gasteiger partial charge in [0.05, 0.1) is 14.2 Å². The summed E-state index contributed by atoms with van der Waals surface area (Å²) >= 11 is 0. The SMILES string of the molecule is COC(=O)C(C#Cc1cc(F)c(F)c(F)c1)(C#Cc1cc(F)c(F)c(F)c1)C(=O)OC. The highest BCUT2D eigenvalue weighted by molar-refractivity contribution is 6.07. The zero-order valence-electron chi connectivity index (χ0n) is 15.7. The molecule has 2 rings (SSSR count). The van der Waals surface area contributed by atoms with E-state index in [9.17, 15) is 35.9 Å². The second-order valence-electron chi connectivity index (χ2n) is 5.74. The fraction of sp³-hybridized carbons (Fsp3) is 0.143. The van der Waals surface area contributed by atoms with Gasteiger partial charge in [-0.3, -0.25) is 0 Å². The van der Waals surface area contributed by atoms with Gasteiger partial charge in [0.2, 0.25) is 0 Å². The summed E-state index contributed by atoms with van der Waals surface area (Å²) in [7, 11) is 1.72. The fourth-order valence-corrected chi connectivity index (χ4v) is 2.21. The van der Waals surface area contributed by atoms with Gasteiger partial charge in [-0.1, -0.05) is 23.7 Å². The maximum atomic E-state index is 13.4. The summed E-state index contributed by atoms with van der Waals surface area (Å²) in [5, 5.41) is 0. The number of halogens is 6. The molecule has 0 N–H and O–H groups in total. The van der Waals surface area contributed by atoms with Crippen LogP contribution in [0.1, 0.15) is 11.1 Å². The van der Waals surface area contributed by atoms with Gasteiger partial charge in [-0.25, -0.2) is 35.9 Å². The van der Waals surface area contributed by atoms with Crippen molar-refractivity contribution in [2.24, 2.45) is 5.41 Å². The molecule has 2 aromatic rings. The van der Waals surface area contributed by atoms with E-state index in [-0.39, 0.29) is 0 Å². The van der Waals surface area contributed by atoms with Crippen LogP contribution in [0.15, 0.2) is 24.3 Å². The molecule has 31 heavy (non-hydrogen) atoms. The van der Waals surface area contributed by atoms with Crippen molar-refractivity contribution in [1.29, 1.82) is 0 Å². The smallest absolute Gasteiger partial charge is 0.348 e. The average Bonchev–Trinajstić information content (AvgIpc) is 2.74. The third kappa shape index (κ3) is 4.81. The average molecular weight is 440 g/mol. The lowest BCUT2D eigenvalue weighted by Crippen LogP contribution is -2.39. The van der Waals surface area contributed by atoms with Gasteiger partial charge >= 0.3 is 11.9 Å². The first-order chi connectivity index (χ1) is 14.5. The first-order valence-electron chi connectivity index (χ1n) is 8.08. The van der Waals surface area contributed by atoms with Crippen LogP contribution in [0.5, 0.6) is 0 Å². The van der Waals surface area contributed by atoms with E-state index < -0.39 is 63.4 Å². The van der Waals surface area contributed by atoms with Crippen molar-refractivity contribution in [1.82, 2.24) is 0 Å². The summed E-state index contributed by atoms with van der Waals surface area (Å²) in [6, 6.07) is 1.96. The Morgan fingerprint density at radius 1 is 0.677 bits per heavy atom. The van der Waals surface area contributed by atoms with E-state index in [0.29, 0.717) is 24.3 Å². The highest BCUT2D eigenvalue weighted by Gasteiger charge is 2.46. The van der Waals surface area contributed by atoms with Crippen LogP contribution in [-0.2, 0) is 19.1 Å². The maximum absolute atomic E-state index is 13.4. The molecule has 0 unspecified atom stereocenters. The maximum Gasteiger partial charge on any atom is 0.348 e. The Morgan fingerprint density at radius 2 is 0.968 bits per heavy atom. The van der Waals surface area contributed by atoms with E-state index in [1.165, 1.54) is 0 Å². The van der Waals surface area contributed by atoms with E-state index >= 15 is 0 Å². The number of hydrogen-bond donors (Lipinski definition) is 0. The molecule has 0 amide bonds. The van der Waals surface area contributed by atoms with E-state index in [1.54, 1.807) is 0 Å². The molecular weight excluding hydrogens is 430 g/mol. The number of carbonyl (C=O) groups excluding carboxylic acids is 2. The number of esters is 2. The van der Waals surface area contributed by atoms with E-state index in [4.69, 9.17) is 0 Å². The zero-order chi connectivity index (χ0) is 23.3. The minimum absolute atomic E-state index is 0.478. The Kier molecular flexibility index (Phi) is 6.98. The van der Waals surface area contributed by atoms with Crippen LogP contribution in [0.25, 0.3) is 0 Å². The molecule has 0 aliphatic carbocycles. The molecule has 160 valence electrons. The summed E-state index contributed by atoms with van der Waals surface area (Å²) < 4.78 is 88.7. The largest absolute Gasteiger partial charge is 0.467 e. The number of methoxy groups -OCH3 is 2. The molecule has 10 heteroatoms. The highest BCUT2D eigenvalue weighted by Crippen LogP contribution is 2.22. The van der Waals surface area contributed by atoms with Crippen LogP contribution in [0.3, 0.4) is 0 Å². The van der Waals surface area contributed by atoms with Crippen molar-refractivity contribution in [3.05, 3.63) is 70.3 Å². The summed E-state index contributed by atoms with van der Waals surface area (Å²) in [4.78, 5) is 24.6. The first-order valence-corrected chi connectivity index (χ1v) is 8.08. The summed E-state index contributed by atoms with van der Waals surface area (Å²) in [6.07, 6.45) is 0. The van der Waals surface area contributed by atoms with Crippen LogP contribution < -0.4 is 0 Å². The number of rotatable bonds is 2. The Hall–Kier alpha value is -3.92. The number of carbonyl (C=O) groups is 2. The fourth-order valence-electron chi connectivity index (χ4n) is 2.21. The predicted molar refractivity (Wildman–Crippen MR) is 92.9 cm³/mol. The van der Waals surface area contributed by atoms with Crippen molar-refractivity contribution in [3.63, 3.8) is 0 Å². The minimum Gasteiger partial charge on any atom is -0.467 e. The molecular formula is C21H10F6O4. The Morgan fingerprint density at radius 3 is 1.23 bits per heavy atom. The molecule has 0 fully saturated rings. The van der Waals surface area contributed by atoms with Crippen molar-refractivity contribution in [2.75, 3.05) is 14.2 Å². The molecule has 0 spiro atoms. The molecule has 0 saturated carbocycles. The quantitative estimate of drug-likeness (QED) is 0.237. The standard InChI is InChI=1S/C21H10F6O4/c1-30-19(28)21(20(29)31-2,5-3-11-7-13(22)17(26)14(23)8-11)6-4-12-9-15(24)18(27)16(25)10-12/h7-10H,1-2H3. The molecule has 4 nitrogen and oxygen atoms in total. The van der Waals surface area contributed by atoms with Crippen LogP contribution in [-0.4, -0.2) is 26.2 Å². The third-order valence-corrected chi connectivity index (χ3v) is 3.74.